The highest BCUT2D eigenvalue weighted by Crippen LogP contribution is 2.33. The van der Waals surface area contributed by atoms with E-state index in [4.69, 9.17) is 10.5 Å². The Balaban J connectivity index is 1.70. The maximum atomic E-state index is 10.5. The first kappa shape index (κ1) is 9.93. The Morgan fingerprint density at radius 1 is 1.43 bits per heavy atom. The highest BCUT2D eigenvalue weighted by atomic mass is 16.5. The maximum absolute atomic E-state index is 10.5. The van der Waals surface area contributed by atoms with Crippen LogP contribution in [0.3, 0.4) is 0 Å². The number of likely N-dealkylation sites (tertiary alicyclic amines) is 1. The van der Waals surface area contributed by atoms with Crippen molar-refractivity contribution in [2.75, 3.05) is 19.8 Å². The number of amides is 1. The normalized spacial score (nSPS) is 28.1. The Labute approximate surface area is 84.4 Å². The molecule has 1 unspecified atom stereocenters. The van der Waals surface area contributed by atoms with E-state index in [-0.39, 0.29) is 12.5 Å². The van der Waals surface area contributed by atoms with Crippen molar-refractivity contribution in [2.24, 2.45) is 5.73 Å². The van der Waals surface area contributed by atoms with Crippen molar-refractivity contribution in [2.45, 2.75) is 37.8 Å². The van der Waals surface area contributed by atoms with Crippen LogP contribution in [0.1, 0.15) is 25.7 Å². The first-order chi connectivity index (χ1) is 6.77. The lowest BCUT2D eigenvalue weighted by Gasteiger charge is -2.23. The third-order valence-corrected chi connectivity index (χ3v) is 2.99. The van der Waals surface area contributed by atoms with Crippen LogP contribution in [0.5, 0.6) is 0 Å². The van der Waals surface area contributed by atoms with Gasteiger partial charge in [-0.25, -0.2) is 0 Å². The molecule has 1 atom stereocenters. The molecule has 2 N–H and O–H groups in total. The van der Waals surface area contributed by atoms with Gasteiger partial charge >= 0.3 is 0 Å². The Morgan fingerprint density at radius 2 is 2.21 bits per heavy atom. The molecule has 0 spiro atoms. The van der Waals surface area contributed by atoms with Crippen LogP contribution >= 0.6 is 0 Å². The van der Waals surface area contributed by atoms with E-state index in [0.29, 0.717) is 12.6 Å². The molecule has 2 rings (SSSR count). The van der Waals surface area contributed by atoms with E-state index >= 15 is 0 Å². The molecule has 2 aliphatic rings. The molecule has 0 aromatic carbocycles. The minimum Gasteiger partial charge on any atom is -0.370 e. The van der Waals surface area contributed by atoms with Gasteiger partial charge in [-0.1, -0.05) is 0 Å². The smallest absolute Gasteiger partial charge is 0.243 e. The van der Waals surface area contributed by atoms with Crippen molar-refractivity contribution in [3.63, 3.8) is 0 Å². The van der Waals surface area contributed by atoms with Crippen LogP contribution in [0.25, 0.3) is 0 Å². The predicted octanol–water partition coefficient (Wildman–Crippen LogP) is 0.115. The molecule has 4 heteroatoms. The molecule has 0 radical (unpaired) electrons. The summed E-state index contributed by atoms with van der Waals surface area (Å²) in [6.45, 7) is 1.93. The van der Waals surface area contributed by atoms with Crippen LogP contribution in [0.2, 0.25) is 0 Å². The topological polar surface area (TPSA) is 55.6 Å². The second-order valence-electron chi connectivity index (χ2n) is 4.25. The highest BCUT2D eigenvalue weighted by Gasteiger charge is 2.36. The number of hydrogen-bond donors (Lipinski definition) is 1. The zero-order valence-corrected chi connectivity index (χ0v) is 8.45. The standard InChI is InChI=1S/C10H18N2O2/c11-10(13)7-14-6-9-2-1-5-12(9)8-3-4-8/h8-9H,1-7H2,(H2,11,13). The minimum atomic E-state index is -0.374. The van der Waals surface area contributed by atoms with Crippen LogP contribution in [0.4, 0.5) is 0 Å². The average molecular weight is 198 g/mol. The van der Waals surface area contributed by atoms with Crippen LogP contribution in [-0.2, 0) is 9.53 Å². The van der Waals surface area contributed by atoms with Gasteiger partial charge in [0.15, 0.2) is 0 Å². The molecule has 0 aromatic heterocycles. The molecule has 1 aliphatic carbocycles. The van der Waals surface area contributed by atoms with Crippen LogP contribution in [0, 0.1) is 0 Å². The van der Waals surface area contributed by atoms with Gasteiger partial charge in [0.05, 0.1) is 6.61 Å². The molecule has 2 fully saturated rings. The van der Waals surface area contributed by atoms with E-state index in [9.17, 15) is 4.79 Å². The average Bonchev–Trinajstić information content (AvgIpc) is 2.87. The number of nitrogens with two attached hydrogens (primary N) is 1. The van der Waals surface area contributed by atoms with Gasteiger partial charge in [-0.05, 0) is 32.2 Å². The summed E-state index contributed by atoms with van der Waals surface area (Å²) in [6, 6.07) is 1.33. The highest BCUT2D eigenvalue weighted by molar-refractivity contribution is 5.74. The van der Waals surface area contributed by atoms with Gasteiger partial charge in [0.2, 0.25) is 5.91 Å². The Morgan fingerprint density at radius 3 is 2.86 bits per heavy atom. The van der Waals surface area contributed by atoms with Gasteiger partial charge in [0.25, 0.3) is 0 Å². The summed E-state index contributed by atoms with van der Waals surface area (Å²) in [5, 5.41) is 0. The molecule has 1 heterocycles. The van der Waals surface area contributed by atoms with E-state index < -0.39 is 0 Å². The van der Waals surface area contributed by atoms with Gasteiger partial charge in [0, 0.05) is 12.1 Å². The monoisotopic (exact) mass is 198 g/mol. The van der Waals surface area contributed by atoms with Crippen molar-refractivity contribution >= 4 is 5.91 Å². The minimum absolute atomic E-state index is 0.0645. The number of carbonyl (C=O) groups is 1. The van der Waals surface area contributed by atoms with Gasteiger partial charge in [-0.3, -0.25) is 9.69 Å². The fourth-order valence-electron chi connectivity index (χ4n) is 2.22. The number of carbonyl (C=O) groups excluding carboxylic acids is 1. The van der Waals surface area contributed by atoms with Crippen molar-refractivity contribution in [3.05, 3.63) is 0 Å². The van der Waals surface area contributed by atoms with Crippen molar-refractivity contribution in [1.82, 2.24) is 4.90 Å². The Kier molecular flexibility index (Phi) is 3.03. The lowest BCUT2D eigenvalue weighted by Crippen LogP contribution is -2.35. The quantitative estimate of drug-likeness (QED) is 0.682. The van der Waals surface area contributed by atoms with Gasteiger partial charge in [-0.15, -0.1) is 0 Å². The molecule has 1 amide bonds. The number of hydrogen-bond acceptors (Lipinski definition) is 3. The number of ether oxygens (including phenoxy) is 1. The van der Waals surface area contributed by atoms with Crippen molar-refractivity contribution < 1.29 is 9.53 Å². The predicted molar refractivity (Wildman–Crippen MR) is 52.8 cm³/mol. The second kappa shape index (κ2) is 4.28. The van der Waals surface area contributed by atoms with Gasteiger partial charge < -0.3 is 10.5 Å². The molecule has 0 aromatic rings. The van der Waals surface area contributed by atoms with Gasteiger partial charge in [-0.2, -0.15) is 0 Å². The summed E-state index contributed by atoms with van der Waals surface area (Å²) in [5.74, 6) is -0.374. The first-order valence-corrected chi connectivity index (χ1v) is 5.39. The first-order valence-electron chi connectivity index (χ1n) is 5.39. The molecular formula is C10H18N2O2. The van der Waals surface area contributed by atoms with E-state index in [1.807, 2.05) is 0 Å². The largest absolute Gasteiger partial charge is 0.370 e. The lowest BCUT2D eigenvalue weighted by atomic mass is 10.2. The van der Waals surface area contributed by atoms with Crippen molar-refractivity contribution in [3.8, 4) is 0 Å². The zero-order valence-electron chi connectivity index (χ0n) is 8.45. The molecule has 80 valence electrons. The van der Waals surface area contributed by atoms with Crippen molar-refractivity contribution in [1.29, 1.82) is 0 Å². The summed E-state index contributed by atoms with van der Waals surface area (Å²) >= 11 is 0. The SMILES string of the molecule is NC(=O)COCC1CCCN1C1CC1. The lowest BCUT2D eigenvalue weighted by molar-refractivity contribution is -0.123. The molecule has 0 bridgehead atoms. The fraction of sp³-hybridized carbons (Fsp3) is 0.900. The molecule has 1 saturated carbocycles. The molecule has 14 heavy (non-hydrogen) atoms. The molecule has 4 nitrogen and oxygen atoms in total. The summed E-state index contributed by atoms with van der Waals surface area (Å²) < 4.78 is 5.27. The summed E-state index contributed by atoms with van der Waals surface area (Å²) in [4.78, 5) is 13.0. The summed E-state index contributed by atoms with van der Waals surface area (Å²) in [7, 11) is 0. The summed E-state index contributed by atoms with van der Waals surface area (Å²) in [5.41, 5.74) is 5.01. The Hall–Kier alpha value is -0.610. The molecule has 1 aliphatic heterocycles. The maximum Gasteiger partial charge on any atom is 0.243 e. The van der Waals surface area contributed by atoms with E-state index in [0.717, 1.165) is 6.04 Å². The zero-order chi connectivity index (χ0) is 9.97. The molecular weight excluding hydrogens is 180 g/mol. The fourth-order valence-corrected chi connectivity index (χ4v) is 2.22. The molecule has 1 saturated heterocycles. The third-order valence-electron chi connectivity index (χ3n) is 2.99. The Bertz CT molecular complexity index is 216. The third kappa shape index (κ3) is 2.45. The number of primary amides is 1. The van der Waals surface area contributed by atoms with Crippen LogP contribution in [-0.4, -0.2) is 42.6 Å². The number of rotatable bonds is 5. The van der Waals surface area contributed by atoms with E-state index in [1.165, 1.54) is 32.2 Å². The van der Waals surface area contributed by atoms with E-state index in [1.54, 1.807) is 0 Å². The number of nitrogens with zero attached hydrogens (tertiary/aromatic N) is 1. The van der Waals surface area contributed by atoms with Gasteiger partial charge in [0.1, 0.15) is 6.61 Å². The van der Waals surface area contributed by atoms with E-state index in [2.05, 4.69) is 4.90 Å². The van der Waals surface area contributed by atoms with Crippen LogP contribution in [0.15, 0.2) is 0 Å². The summed E-state index contributed by atoms with van der Waals surface area (Å²) in [6.07, 6.45) is 5.15. The van der Waals surface area contributed by atoms with Crippen LogP contribution < -0.4 is 5.73 Å². The second-order valence-corrected chi connectivity index (χ2v) is 4.25.